The number of rotatable bonds is 10. The van der Waals surface area contributed by atoms with Gasteiger partial charge < -0.3 is 24.4 Å². The lowest BCUT2D eigenvalue weighted by molar-refractivity contribution is -0.140. The number of aromatic nitrogens is 1. The monoisotopic (exact) mass is 453 g/mol. The average Bonchev–Trinajstić information content (AvgIpc) is 3.11. The number of amides is 1. The van der Waals surface area contributed by atoms with Crippen LogP contribution in [0, 0.1) is 0 Å². The molecule has 8 nitrogen and oxygen atoms in total. The molecular formula is C25H31N3O5. The van der Waals surface area contributed by atoms with E-state index >= 15 is 0 Å². The van der Waals surface area contributed by atoms with Crippen molar-refractivity contribution in [3.63, 3.8) is 0 Å². The Balaban J connectivity index is 2.03. The third kappa shape index (κ3) is 5.01. The van der Waals surface area contributed by atoms with Crippen molar-refractivity contribution in [1.82, 2.24) is 14.8 Å². The van der Waals surface area contributed by atoms with Crippen molar-refractivity contribution in [1.29, 1.82) is 0 Å². The molecule has 1 unspecified atom stereocenters. The summed E-state index contributed by atoms with van der Waals surface area (Å²) in [5.74, 6) is -0.722. The molecule has 2 aromatic rings. The van der Waals surface area contributed by atoms with Gasteiger partial charge >= 0.3 is 0 Å². The smallest absolute Gasteiger partial charge is 0.295 e. The Morgan fingerprint density at radius 3 is 2.42 bits per heavy atom. The lowest BCUT2D eigenvalue weighted by Gasteiger charge is -2.26. The number of carbonyl (C=O) groups is 2. The highest BCUT2D eigenvalue weighted by molar-refractivity contribution is 6.46. The van der Waals surface area contributed by atoms with E-state index < -0.39 is 17.7 Å². The van der Waals surface area contributed by atoms with Gasteiger partial charge in [0, 0.05) is 18.3 Å². The van der Waals surface area contributed by atoms with E-state index in [0.29, 0.717) is 35.7 Å². The van der Waals surface area contributed by atoms with Gasteiger partial charge in [-0.05, 0) is 56.4 Å². The van der Waals surface area contributed by atoms with Crippen LogP contribution in [0.2, 0.25) is 0 Å². The molecule has 1 atom stereocenters. The van der Waals surface area contributed by atoms with Crippen LogP contribution in [-0.2, 0) is 9.59 Å². The molecule has 3 rings (SSSR count). The molecule has 0 radical (unpaired) electrons. The van der Waals surface area contributed by atoms with Crippen LogP contribution < -0.4 is 9.47 Å². The summed E-state index contributed by atoms with van der Waals surface area (Å²) in [7, 11) is 3.01. The Bertz CT molecular complexity index is 1020. The summed E-state index contributed by atoms with van der Waals surface area (Å²) in [6.45, 7) is 7.20. The van der Waals surface area contributed by atoms with E-state index in [1.54, 1.807) is 42.6 Å². The van der Waals surface area contributed by atoms with Crippen LogP contribution in [0.1, 0.15) is 37.6 Å². The van der Waals surface area contributed by atoms with E-state index in [-0.39, 0.29) is 11.3 Å². The van der Waals surface area contributed by atoms with Crippen molar-refractivity contribution in [2.75, 3.05) is 40.4 Å². The van der Waals surface area contributed by atoms with Crippen molar-refractivity contribution >= 4 is 17.4 Å². The average molecular weight is 454 g/mol. The molecular weight excluding hydrogens is 422 g/mol. The number of benzene rings is 1. The fourth-order valence-corrected chi connectivity index (χ4v) is 4.10. The summed E-state index contributed by atoms with van der Waals surface area (Å²) in [6.07, 6.45) is 2.32. The van der Waals surface area contributed by atoms with Crippen LogP contribution in [0.3, 0.4) is 0 Å². The highest BCUT2D eigenvalue weighted by Gasteiger charge is 2.46. The molecule has 1 aliphatic rings. The molecule has 33 heavy (non-hydrogen) atoms. The number of ether oxygens (including phenoxy) is 2. The van der Waals surface area contributed by atoms with E-state index in [4.69, 9.17) is 9.47 Å². The second-order valence-electron chi connectivity index (χ2n) is 7.70. The maximum atomic E-state index is 13.1. The quantitative estimate of drug-likeness (QED) is 0.335. The number of carbonyl (C=O) groups excluding carboxylic acids is 2. The Hall–Kier alpha value is -3.39. The zero-order valence-electron chi connectivity index (χ0n) is 19.6. The Kier molecular flexibility index (Phi) is 8.06. The molecule has 0 saturated carbocycles. The molecule has 1 aromatic carbocycles. The van der Waals surface area contributed by atoms with Crippen molar-refractivity contribution in [3.05, 3.63) is 59.4 Å². The topological polar surface area (TPSA) is 92.2 Å². The number of hydrogen-bond donors (Lipinski definition) is 1. The van der Waals surface area contributed by atoms with Crippen molar-refractivity contribution in [2.24, 2.45) is 0 Å². The summed E-state index contributed by atoms with van der Waals surface area (Å²) in [6, 6.07) is 9.41. The number of Topliss-reactive ketones (excluding diaryl/α,β-unsaturated/α-hetero) is 1. The summed E-state index contributed by atoms with van der Waals surface area (Å²) in [5, 5.41) is 11.2. The van der Waals surface area contributed by atoms with Gasteiger partial charge in [0.1, 0.15) is 11.8 Å². The van der Waals surface area contributed by atoms with E-state index in [2.05, 4.69) is 23.7 Å². The van der Waals surface area contributed by atoms with Crippen LogP contribution in [0.5, 0.6) is 11.5 Å². The van der Waals surface area contributed by atoms with Gasteiger partial charge in [0.05, 0.1) is 25.5 Å². The van der Waals surface area contributed by atoms with Gasteiger partial charge in [0.25, 0.3) is 11.7 Å². The van der Waals surface area contributed by atoms with Crippen molar-refractivity contribution < 1.29 is 24.2 Å². The molecule has 1 N–H and O–H groups in total. The third-order valence-corrected chi connectivity index (χ3v) is 5.93. The first-order chi connectivity index (χ1) is 16.0. The fourth-order valence-electron chi connectivity index (χ4n) is 4.10. The number of pyridine rings is 1. The first-order valence-electron chi connectivity index (χ1n) is 11.1. The summed E-state index contributed by atoms with van der Waals surface area (Å²) < 4.78 is 10.6. The van der Waals surface area contributed by atoms with E-state index in [9.17, 15) is 14.7 Å². The zero-order valence-corrected chi connectivity index (χ0v) is 19.6. The number of likely N-dealkylation sites (tertiary alicyclic amines) is 1. The SMILES string of the molecule is CCN(CC)CCCN1C(=O)C(=O)C(=C(O)c2ccc(OC)c(OC)c2)C1c1ccccn1. The molecule has 1 fully saturated rings. The minimum absolute atomic E-state index is 0.0220. The molecule has 0 spiro atoms. The number of methoxy groups -OCH3 is 2. The van der Waals surface area contributed by atoms with Crippen LogP contribution in [-0.4, -0.2) is 72.0 Å². The largest absolute Gasteiger partial charge is 0.507 e. The molecule has 2 heterocycles. The molecule has 0 bridgehead atoms. The van der Waals surface area contributed by atoms with Gasteiger partial charge in [0.2, 0.25) is 0 Å². The predicted octanol–water partition coefficient (Wildman–Crippen LogP) is 3.25. The Morgan fingerprint density at radius 2 is 1.82 bits per heavy atom. The Morgan fingerprint density at radius 1 is 1.09 bits per heavy atom. The maximum absolute atomic E-state index is 13.1. The summed E-state index contributed by atoms with van der Waals surface area (Å²) in [5.41, 5.74) is 0.907. The van der Waals surface area contributed by atoms with Crippen molar-refractivity contribution in [3.8, 4) is 11.5 Å². The van der Waals surface area contributed by atoms with Crippen LogP contribution in [0.15, 0.2) is 48.2 Å². The lowest BCUT2D eigenvalue weighted by atomic mass is 9.98. The van der Waals surface area contributed by atoms with Gasteiger partial charge in [-0.3, -0.25) is 14.6 Å². The predicted molar refractivity (Wildman–Crippen MR) is 125 cm³/mol. The van der Waals surface area contributed by atoms with Gasteiger partial charge in [0.15, 0.2) is 11.5 Å². The highest BCUT2D eigenvalue weighted by atomic mass is 16.5. The molecule has 1 aromatic heterocycles. The van der Waals surface area contributed by atoms with Gasteiger partial charge in [-0.1, -0.05) is 19.9 Å². The summed E-state index contributed by atoms with van der Waals surface area (Å²) in [4.78, 5) is 34.3. The minimum Gasteiger partial charge on any atom is -0.507 e. The van der Waals surface area contributed by atoms with Gasteiger partial charge in [-0.15, -0.1) is 0 Å². The Labute approximate surface area is 194 Å². The number of hydrogen-bond acceptors (Lipinski definition) is 7. The molecule has 1 amide bonds. The number of aliphatic hydroxyl groups excluding tert-OH is 1. The molecule has 8 heteroatoms. The summed E-state index contributed by atoms with van der Waals surface area (Å²) >= 11 is 0. The number of nitrogens with zero attached hydrogens (tertiary/aromatic N) is 3. The zero-order chi connectivity index (χ0) is 24.0. The number of ketones is 1. The first-order valence-corrected chi connectivity index (χ1v) is 11.1. The molecule has 1 aliphatic heterocycles. The number of aliphatic hydroxyl groups is 1. The molecule has 176 valence electrons. The minimum atomic E-state index is -0.768. The molecule has 1 saturated heterocycles. The van der Waals surface area contributed by atoms with Gasteiger partial charge in [-0.2, -0.15) is 0 Å². The molecule has 0 aliphatic carbocycles. The fraction of sp³-hybridized carbons (Fsp3) is 0.400. The van der Waals surface area contributed by atoms with Crippen LogP contribution in [0.25, 0.3) is 5.76 Å². The van der Waals surface area contributed by atoms with E-state index in [1.807, 2.05) is 0 Å². The van der Waals surface area contributed by atoms with Crippen LogP contribution in [0.4, 0.5) is 0 Å². The highest BCUT2D eigenvalue weighted by Crippen LogP contribution is 2.40. The van der Waals surface area contributed by atoms with Gasteiger partial charge in [-0.25, -0.2) is 0 Å². The second kappa shape index (κ2) is 11.0. The van der Waals surface area contributed by atoms with Crippen LogP contribution >= 0.6 is 0 Å². The van der Waals surface area contributed by atoms with E-state index in [0.717, 1.165) is 19.6 Å². The normalized spacial score (nSPS) is 17.6. The van der Waals surface area contributed by atoms with E-state index in [1.165, 1.54) is 19.1 Å². The third-order valence-electron chi connectivity index (χ3n) is 5.93. The lowest BCUT2D eigenvalue weighted by Crippen LogP contribution is -2.33. The standard InChI is InChI=1S/C25H31N3O5/c1-5-27(6-2)14-9-15-28-22(18-10-7-8-13-26-18)21(24(30)25(28)31)23(29)17-11-12-19(32-3)20(16-17)33-4/h7-8,10-13,16,22,29H,5-6,9,14-15H2,1-4H3. The first kappa shape index (κ1) is 24.3. The van der Waals surface area contributed by atoms with Crippen molar-refractivity contribution in [2.45, 2.75) is 26.3 Å². The maximum Gasteiger partial charge on any atom is 0.295 e. The second-order valence-corrected chi connectivity index (χ2v) is 7.70.